The molecule has 0 unspecified atom stereocenters. The summed E-state index contributed by atoms with van der Waals surface area (Å²) in [5.41, 5.74) is 0. The van der Waals surface area contributed by atoms with Crippen molar-refractivity contribution < 1.29 is 9.47 Å². The number of hydrogen-bond acceptors (Lipinski definition) is 5. The first-order chi connectivity index (χ1) is 7.84. The van der Waals surface area contributed by atoms with Gasteiger partial charge < -0.3 is 9.47 Å². The Bertz CT molecular complexity index is 174. The van der Waals surface area contributed by atoms with Crippen molar-refractivity contribution in [2.24, 2.45) is 0 Å². The van der Waals surface area contributed by atoms with Gasteiger partial charge >= 0.3 is 0 Å². The SMILES string of the molecule is SC(CN1CCOCC1)CN1CCOCC1. The summed E-state index contributed by atoms with van der Waals surface area (Å²) in [6.07, 6.45) is 0. The Hall–Kier alpha value is 0.190. The van der Waals surface area contributed by atoms with E-state index in [9.17, 15) is 0 Å². The van der Waals surface area contributed by atoms with Crippen LogP contribution in [0.5, 0.6) is 0 Å². The molecule has 0 aromatic rings. The van der Waals surface area contributed by atoms with E-state index in [0.717, 1.165) is 65.7 Å². The van der Waals surface area contributed by atoms with Crippen molar-refractivity contribution in [3.8, 4) is 0 Å². The van der Waals surface area contributed by atoms with Gasteiger partial charge in [0, 0.05) is 44.5 Å². The van der Waals surface area contributed by atoms with Crippen molar-refractivity contribution in [2.75, 3.05) is 65.7 Å². The van der Waals surface area contributed by atoms with Crippen molar-refractivity contribution in [1.29, 1.82) is 0 Å². The Kier molecular flexibility index (Phi) is 5.38. The molecule has 2 rings (SSSR count). The number of thiol groups is 1. The molecule has 2 fully saturated rings. The maximum atomic E-state index is 5.34. The molecule has 2 aliphatic heterocycles. The van der Waals surface area contributed by atoms with Crippen molar-refractivity contribution in [3.05, 3.63) is 0 Å². The summed E-state index contributed by atoms with van der Waals surface area (Å²) in [6, 6.07) is 0. The van der Waals surface area contributed by atoms with Gasteiger partial charge in [-0.1, -0.05) is 0 Å². The Labute approximate surface area is 103 Å². The van der Waals surface area contributed by atoms with Gasteiger partial charge in [0.1, 0.15) is 0 Å². The quantitative estimate of drug-likeness (QED) is 0.703. The van der Waals surface area contributed by atoms with E-state index in [1.165, 1.54) is 0 Å². The number of rotatable bonds is 4. The molecule has 16 heavy (non-hydrogen) atoms. The fourth-order valence-electron chi connectivity index (χ4n) is 2.22. The Balaban J connectivity index is 1.64. The highest BCUT2D eigenvalue weighted by Crippen LogP contribution is 2.06. The van der Waals surface area contributed by atoms with E-state index in [0.29, 0.717) is 5.25 Å². The van der Waals surface area contributed by atoms with E-state index in [1.807, 2.05) is 0 Å². The normalized spacial score (nSPS) is 25.1. The Morgan fingerprint density at radius 1 is 0.812 bits per heavy atom. The molecule has 4 nitrogen and oxygen atoms in total. The van der Waals surface area contributed by atoms with Crippen molar-refractivity contribution in [1.82, 2.24) is 9.80 Å². The first kappa shape index (κ1) is 12.6. The molecule has 0 bridgehead atoms. The van der Waals surface area contributed by atoms with Crippen LogP contribution in [0.25, 0.3) is 0 Å². The fraction of sp³-hybridized carbons (Fsp3) is 1.00. The number of nitrogens with zero attached hydrogens (tertiary/aromatic N) is 2. The molecule has 2 saturated heterocycles. The third kappa shape index (κ3) is 4.22. The molecule has 0 spiro atoms. The van der Waals surface area contributed by atoms with Gasteiger partial charge in [-0.3, -0.25) is 9.80 Å². The average Bonchev–Trinajstić information content (AvgIpc) is 2.31. The van der Waals surface area contributed by atoms with Gasteiger partial charge in [0.05, 0.1) is 26.4 Å². The second-order valence-corrected chi connectivity index (χ2v) is 5.21. The number of ether oxygens (including phenoxy) is 2. The number of hydrogen-bond donors (Lipinski definition) is 1. The molecule has 2 aliphatic rings. The smallest absolute Gasteiger partial charge is 0.0594 e. The molecule has 5 heteroatoms. The van der Waals surface area contributed by atoms with Crippen molar-refractivity contribution in [2.45, 2.75) is 5.25 Å². The molecular formula is C11H22N2O2S. The standard InChI is InChI=1S/C11H22N2O2S/c16-11(9-12-1-5-14-6-2-12)10-13-3-7-15-8-4-13/h11,16H,1-10H2. The van der Waals surface area contributed by atoms with Crippen LogP contribution in [0.1, 0.15) is 0 Å². The predicted octanol–water partition coefficient (Wildman–Crippen LogP) is -0.0508. The lowest BCUT2D eigenvalue weighted by molar-refractivity contribution is 0.0264. The highest BCUT2D eigenvalue weighted by Gasteiger charge is 2.18. The lowest BCUT2D eigenvalue weighted by atomic mass is 10.3. The van der Waals surface area contributed by atoms with Gasteiger partial charge in [-0.15, -0.1) is 0 Å². The minimum absolute atomic E-state index is 0.441. The molecule has 94 valence electrons. The van der Waals surface area contributed by atoms with Crippen molar-refractivity contribution >= 4 is 12.6 Å². The van der Waals surface area contributed by atoms with Crippen LogP contribution in [-0.2, 0) is 9.47 Å². The highest BCUT2D eigenvalue weighted by molar-refractivity contribution is 7.81. The van der Waals surface area contributed by atoms with E-state index in [1.54, 1.807) is 0 Å². The largest absolute Gasteiger partial charge is 0.379 e. The first-order valence-electron chi connectivity index (χ1n) is 6.13. The van der Waals surface area contributed by atoms with E-state index < -0.39 is 0 Å². The summed E-state index contributed by atoms with van der Waals surface area (Å²) in [5.74, 6) is 0. The molecule has 0 saturated carbocycles. The Morgan fingerprint density at radius 2 is 1.19 bits per heavy atom. The van der Waals surface area contributed by atoms with Crippen LogP contribution < -0.4 is 0 Å². The molecule has 0 aromatic heterocycles. The van der Waals surface area contributed by atoms with Crippen LogP contribution >= 0.6 is 12.6 Å². The molecule has 0 amide bonds. The van der Waals surface area contributed by atoms with Crippen LogP contribution in [0.2, 0.25) is 0 Å². The molecule has 2 heterocycles. The van der Waals surface area contributed by atoms with Crippen LogP contribution in [0.4, 0.5) is 0 Å². The average molecular weight is 246 g/mol. The third-order valence-electron chi connectivity index (χ3n) is 3.15. The topological polar surface area (TPSA) is 24.9 Å². The molecule has 0 atom stereocenters. The first-order valence-corrected chi connectivity index (χ1v) is 6.64. The van der Waals surface area contributed by atoms with Crippen LogP contribution in [0, 0.1) is 0 Å². The number of morpholine rings is 2. The summed E-state index contributed by atoms with van der Waals surface area (Å²) in [4.78, 5) is 4.89. The van der Waals surface area contributed by atoms with Gasteiger partial charge in [-0.25, -0.2) is 0 Å². The molecule has 0 N–H and O–H groups in total. The lowest BCUT2D eigenvalue weighted by Gasteiger charge is -2.32. The minimum Gasteiger partial charge on any atom is -0.379 e. The minimum atomic E-state index is 0.441. The summed E-state index contributed by atoms with van der Waals surface area (Å²) < 4.78 is 10.7. The summed E-state index contributed by atoms with van der Waals surface area (Å²) in [6.45, 7) is 9.86. The van der Waals surface area contributed by atoms with Crippen LogP contribution in [0.15, 0.2) is 0 Å². The monoisotopic (exact) mass is 246 g/mol. The predicted molar refractivity (Wildman–Crippen MR) is 67.3 cm³/mol. The van der Waals surface area contributed by atoms with Crippen LogP contribution in [-0.4, -0.2) is 80.7 Å². The summed E-state index contributed by atoms with van der Waals surface area (Å²) in [7, 11) is 0. The highest BCUT2D eigenvalue weighted by atomic mass is 32.1. The second kappa shape index (κ2) is 6.81. The van der Waals surface area contributed by atoms with Gasteiger partial charge in [0.15, 0.2) is 0 Å². The lowest BCUT2D eigenvalue weighted by Crippen LogP contribution is -2.45. The Morgan fingerprint density at radius 3 is 1.56 bits per heavy atom. The van der Waals surface area contributed by atoms with Gasteiger partial charge in [0.25, 0.3) is 0 Å². The second-order valence-electron chi connectivity index (χ2n) is 4.48. The summed E-state index contributed by atoms with van der Waals surface area (Å²) in [5, 5.41) is 0.441. The fourth-order valence-corrected chi connectivity index (χ4v) is 2.68. The van der Waals surface area contributed by atoms with Crippen molar-refractivity contribution in [3.63, 3.8) is 0 Å². The zero-order valence-corrected chi connectivity index (χ0v) is 10.7. The van der Waals surface area contributed by atoms with E-state index in [2.05, 4.69) is 22.4 Å². The maximum absolute atomic E-state index is 5.34. The van der Waals surface area contributed by atoms with Gasteiger partial charge in [0.2, 0.25) is 0 Å². The molecule has 0 aromatic carbocycles. The third-order valence-corrected chi connectivity index (χ3v) is 3.47. The van der Waals surface area contributed by atoms with E-state index in [-0.39, 0.29) is 0 Å². The van der Waals surface area contributed by atoms with E-state index >= 15 is 0 Å². The van der Waals surface area contributed by atoms with Gasteiger partial charge in [-0.05, 0) is 0 Å². The van der Waals surface area contributed by atoms with E-state index in [4.69, 9.17) is 9.47 Å². The molecular weight excluding hydrogens is 224 g/mol. The molecule has 0 radical (unpaired) electrons. The zero-order chi connectivity index (χ0) is 11.2. The maximum Gasteiger partial charge on any atom is 0.0594 e. The summed E-state index contributed by atoms with van der Waals surface area (Å²) >= 11 is 4.69. The van der Waals surface area contributed by atoms with Crippen LogP contribution in [0.3, 0.4) is 0 Å². The molecule has 0 aliphatic carbocycles. The zero-order valence-electron chi connectivity index (χ0n) is 9.81. The van der Waals surface area contributed by atoms with Gasteiger partial charge in [-0.2, -0.15) is 12.6 Å².